The number of hydrogen-bond acceptors (Lipinski definition) is 2. The van der Waals surface area contributed by atoms with Gasteiger partial charge < -0.3 is 0 Å². The summed E-state index contributed by atoms with van der Waals surface area (Å²) >= 11 is 4.63. The molecule has 1 aromatic rings. The van der Waals surface area contributed by atoms with Gasteiger partial charge >= 0.3 is 0 Å². The second kappa shape index (κ2) is 3.65. The number of nitro benzene ring substituents is 1. The molecule has 0 unspecified atom stereocenters. The molecule has 1 aromatic carbocycles. The number of halogens is 3. The lowest BCUT2D eigenvalue weighted by molar-refractivity contribution is -0.385. The van der Waals surface area contributed by atoms with Gasteiger partial charge in [-0.3, -0.25) is 10.1 Å². The summed E-state index contributed by atoms with van der Waals surface area (Å²) in [5, 5.41) is 10.3. The van der Waals surface area contributed by atoms with E-state index >= 15 is 0 Å². The second-order valence-electron chi connectivity index (χ2n) is 1.95. The highest BCUT2D eigenvalue weighted by Gasteiger charge is 2.16. The predicted molar refractivity (Wildman–Crippen MR) is 53.5 cm³/mol. The molecular weight excluding hydrogens is 344 g/mol. The van der Waals surface area contributed by atoms with Gasteiger partial charge in [0, 0.05) is 6.07 Å². The first-order valence-corrected chi connectivity index (χ1v) is 4.69. The van der Waals surface area contributed by atoms with Crippen LogP contribution in [-0.2, 0) is 0 Å². The van der Waals surface area contributed by atoms with E-state index < -0.39 is 10.7 Å². The molecule has 3 nitrogen and oxygen atoms in total. The van der Waals surface area contributed by atoms with Gasteiger partial charge in [0.1, 0.15) is 9.39 Å². The summed E-state index contributed by atoms with van der Waals surface area (Å²) < 4.78 is 13.2. The Labute approximate surface area is 89.4 Å². The summed E-state index contributed by atoms with van der Waals surface area (Å²) in [6.07, 6.45) is 0. The summed E-state index contributed by atoms with van der Waals surface area (Å²) in [6.45, 7) is 0. The Morgan fingerprint density at radius 3 is 2.67 bits per heavy atom. The Hall–Kier alpha value is -0.240. The predicted octanol–water partition coefficient (Wildman–Crippen LogP) is 3.10. The maximum atomic E-state index is 12.7. The largest absolute Gasteiger partial charge is 0.284 e. The Bertz CT molecular complexity index is 345. The molecule has 0 bridgehead atoms. The monoisotopic (exact) mass is 345 g/mol. The standard InChI is InChI=1S/C6H2BrFINO2/c7-5-3(8)1-2-4(6(5)9)10(11)12/h1-2H. The molecule has 0 saturated carbocycles. The van der Waals surface area contributed by atoms with Crippen molar-refractivity contribution < 1.29 is 9.31 Å². The summed E-state index contributed by atoms with van der Waals surface area (Å²) in [4.78, 5) is 9.79. The normalized spacial score (nSPS) is 9.92. The van der Waals surface area contributed by atoms with E-state index in [0.29, 0.717) is 0 Å². The zero-order chi connectivity index (χ0) is 9.30. The molecular formula is C6H2BrFINO2. The molecule has 0 aliphatic heterocycles. The van der Waals surface area contributed by atoms with E-state index in [1.165, 1.54) is 0 Å². The summed E-state index contributed by atoms with van der Waals surface area (Å²) in [7, 11) is 0. The molecule has 0 saturated heterocycles. The minimum absolute atomic E-state index is 0.0936. The molecule has 0 amide bonds. The quantitative estimate of drug-likeness (QED) is 0.340. The van der Waals surface area contributed by atoms with E-state index in [1.54, 1.807) is 22.6 Å². The van der Waals surface area contributed by atoms with E-state index in [-0.39, 0.29) is 13.7 Å². The highest BCUT2D eigenvalue weighted by atomic mass is 127. The van der Waals surface area contributed by atoms with E-state index in [2.05, 4.69) is 15.9 Å². The van der Waals surface area contributed by atoms with Gasteiger partial charge in [-0.15, -0.1) is 0 Å². The van der Waals surface area contributed by atoms with Crippen molar-refractivity contribution in [3.63, 3.8) is 0 Å². The molecule has 6 heteroatoms. The summed E-state index contributed by atoms with van der Waals surface area (Å²) in [6, 6.07) is 2.20. The van der Waals surface area contributed by atoms with Crippen molar-refractivity contribution in [3.05, 3.63) is 36.1 Å². The van der Waals surface area contributed by atoms with Crippen molar-refractivity contribution in [1.82, 2.24) is 0 Å². The maximum absolute atomic E-state index is 12.7. The first-order chi connectivity index (χ1) is 5.54. The van der Waals surface area contributed by atoms with Crippen molar-refractivity contribution in [2.75, 3.05) is 0 Å². The molecule has 0 aliphatic carbocycles. The van der Waals surface area contributed by atoms with Crippen molar-refractivity contribution >= 4 is 44.2 Å². The van der Waals surface area contributed by atoms with E-state index in [0.717, 1.165) is 12.1 Å². The van der Waals surface area contributed by atoms with Crippen LogP contribution in [-0.4, -0.2) is 4.92 Å². The van der Waals surface area contributed by atoms with Crippen LogP contribution in [0, 0.1) is 19.5 Å². The maximum Gasteiger partial charge on any atom is 0.284 e. The van der Waals surface area contributed by atoms with Crippen LogP contribution in [0.3, 0.4) is 0 Å². The Morgan fingerprint density at radius 2 is 2.17 bits per heavy atom. The molecule has 0 spiro atoms. The fraction of sp³-hybridized carbons (Fsp3) is 0. The van der Waals surface area contributed by atoms with E-state index in [9.17, 15) is 14.5 Å². The third-order valence-electron chi connectivity index (χ3n) is 1.21. The van der Waals surface area contributed by atoms with Gasteiger partial charge in [-0.25, -0.2) is 4.39 Å². The summed E-state index contributed by atoms with van der Waals surface area (Å²) in [5.41, 5.74) is -0.0936. The number of nitro groups is 1. The number of benzene rings is 1. The molecule has 0 radical (unpaired) electrons. The summed E-state index contributed by atoms with van der Waals surface area (Å²) in [5.74, 6) is -0.495. The third-order valence-corrected chi connectivity index (χ3v) is 3.82. The van der Waals surface area contributed by atoms with Crippen LogP contribution in [0.25, 0.3) is 0 Å². The second-order valence-corrected chi connectivity index (χ2v) is 3.82. The molecule has 0 fully saturated rings. The van der Waals surface area contributed by atoms with Crippen LogP contribution in [0.2, 0.25) is 0 Å². The highest BCUT2D eigenvalue weighted by molar-refractivity contribution is 14.1. The molecule has 0 aromatic heterocycles. The molecule has 64 valence electrons. The minimum atomic E-state index is -0.550. The topological polar surface area (TPSA) is 43.1 Å². The lowest BCUT2D eigenvalue weighted by Crippen LogP contribution is -1.93. The van der Waals surface area contributed by atoms with Gasteiger partial charge in [-0.05, 0) is 44.6 Å². The van der Waals surface area contributed by atoms with Crippen molar-refractivity contribution in [1.29, 1.82) is 0 Å². The molecule has 12 heavy (non-hydrogen) atoms. The van der Waals surface area contributed by atoms with Gasteiger partial charge in [0.15, 0.2) is 0 Å². The Kier molecular flexibility index (Phi) is 2.99. The van der Waals surface area contributed by atoms with Crippen LogP contribution in [0.1, 0.15) is 0 Å². The van der Waals surface area contributed by atoms with Crippen molar-refractivity contribution in [3.8, 4) is 0 Å². The lowest BCUT2D eigenvalue weighted by atomic mass is 10.3. The Balaban J connectivity index is 3.36. The lowest BCUT2D eigenvalue weighted by Gasteiger charge is -1.98. The van der Waals surface area contributed by atoms with Crippen LogP contribution in [0.4, 0.5) is 10.1 Å². The average molecular weight is 346 g/mol. The van der Waals surface area contributed by atoms with E-state index in [1.807, 2.05) is 0 Å². The molecule has 0 heterocycles. The van der Waals surface area contributed by atoms with Gasteiger partial charge in [0.25, 0.3) is 5.69 Å². The first kappa shape index (κ1) is 9.85. The number of hydrogen-bond donors (Lipinski definition) is 0. The molecule has 0 aliphatic rings. The smallest absolute Gasteiger partial charge is 0.258 e. The van der Waals surface area contributed by atoms with Gasteiger partial charge in [0.05, 0.1) is 9.40 Å². The molecule has 0 N–H and O–H groups in total. The van der Waals surface area contributed by atoms with Crippen LogP contribution in [0.5, 0.6) is 0 Å². The fourth-order valence-corrected chi connectivity index (χ4v) is 1.63. The van der Waals surface area contributed by atoms with Gasteiger partial charge in [-0.1, -0.05) is 0 Å². The zero-order valence-electron chi connectivity index (χ0n) is 5.55. The average Bonchev–Trinajstić information content (AvgIpc) is 2.00. The third kappa shape index (κ3) is 1.74. The molecule has 0 atom stereocenters. The van der Waals surface area contributed by atoms with Crippen molar-refractivity contribution in [2.24, 2.45) is 0 Å². The highest BCUT2D eigenvalue weighted by Crippen LogP contribution is 2.30. The van der Waals surface area contributed by atoms with Crippen LogP contribution in [0.15, 0.2) is 16.6 Å². The molecule has 1 rings (SSSR count). The van der Waals surface area contributed by atoms with Crippen LogP contribution < -0.4 is 0 Å². The fourth-order valence-electron chi connectivity index (χ4n) is 0.657. The van der Waals surface area contributed by atoms with E-state index in [4.69, 9.17) is 0 Å². The zero-order valence-corrected chi connectivity index (χ0v) is 9.30. The minimum Gasteiger partial charge on any atom is -0.258 e. The number of rotatable bonds is 1. The SMILES string of the molecule is O=[N+]([O-])c1ccc(F)c(Br)c1I. The number of nitrogens with zero attached hydrogens (tertiary/aromatic N) is 1. The van der Waals surface area contributed by atoms with Crippen molar-refractivity contribution in [2.45, 2.75) is 0 Å². The van der Waals surface area contributed by atoms with Gasteiger partial charge in [0.2, 0.25) is 0 Å². The van der Waals surface area contributed by atoms with Gasteiger partial charge in [-0.2, -0.15) is 0 Å². The Morgan fingerprint density at radius 1 is 1.58 bits per heavy atom. The first-order valence-electron chi connectivity index (χ1n) is 2.82. The van der Waals surface area contributed by atoms with Crippen LogP contribution >= 0.6 is 38.5 Å².